The molecule has 0 aromatic heterocycles. The summed E-state index contributed by atoms with van der Waals surface area (Å²) in [5, 5.41) is 10.1. The van der Waals surface area contributed by atoms with Gasteiger partial charge >= 0.3 is 5.97 Å². The molecule has 0 amide bonds. The molecule has 6 nitrogen and oxygen atoms in total. The zero-order valence-corrected chi connectivity index (χ0v) is 13.7. The summed E-state index contributed by atoms with van der Waals surface area (Å²) in [6, 6.07) is 7.36. The van der Waals surface area contributed by atoms with Crippen LogP contribution in [0.15, 0.2) is 36.9 Å². The van der Waals surface area contributed by atoms with Gasteiger partial charge in [0.25, 0.3) is 0 Å². The van der Waals surface area contributed by atoms with Crippen molar-refractivity contribution in [3.8, 4) is 5.75 Å². The van der Waals surface area contributed by atoms with E-state index in [1.54, 1.807) is 7.11 Å². The van der Waals surface area contributed by atoms with E-state index in [-0.39, 0.29) is 13.0 Å². The molecule has 0 fully saturated rings. The molecule has 23 heavy (non-hydrogen) atoms. The van der Waals surface area contributed by atoms with Crippen LogP contribution in [0.4, 0.5) is 0 Å². The number of carbonyl (C=O) groups is 1. The number of aliphatic hydroxyl groups excluding tert-OH is 1. The van der Waals surface area contributed by atoms with Crippen LogP contribution in [0, 0.1) is 0 Å². The summed E-state index contributed by atoms with van der Waals surface area (Å²) in [6.45, 7) is 3.81. The Bertz CT molecular complexity index is 484. The number of benzene rings is 1. The Balaban J connectivity index is 2.76. The quantitative estimate of drug-likeness (QED) is 0.522. The van der Waals surface area contributed by atoms with Crippen LogP contribution in [-0.2, 0) is 25.6 Å². The van der Waals surface area contributed by atoms with Gasteiger partial charge in [0.15, 0.2) is 0 Å². The van der Waals surface area contributed by atoms with Crippen molar-refractivity contribution in [2.75, 3.05) is 21.3 Å². The zero-order valence-electron chi connectivity index (χ0n) is 13.7. The van der Waals surface area contributed by atoms with Gasteiger partial charge in [0.1, 0.15) is 18.0 Å². The zero-order chi connectivity index (χ0) is 17.2. The lowest BCUT2D eigenvalue weighted by Gasteiger charge is -2.28. The number of esters is 1. The van der Waals surface area contributed by atoms with Crippen LogP contribution in [0.5, 0.6) is 5.75 Å². The van der Waals surface area contributed by atoms with Crippen molar-refractivity contribution >= 4 is 5.97 Å². The molecule has 0 bridgehead atoms. The lowest BCUT2D eigenvalue weighted by atomic mass is 10.0. The average molecular weight is 324 g/mol. The van der Waals surface area contributed by atoms with Gasteiger partial charge in [-0.3, -0.25) is 4.79 Å². The maximum atomic E-state index is 11.5. The number of methoxy groups -OCH3 is 3. The van der Waals surface area contributed by atoms with Crippen molar-refractivity contribution in [1.29, 1.82) is 0 Å². The second-order valence-corrected chi connectivity index (χ2v) is 4.90. The van der Waals surface area contributed by atoms with Crippen LogP contribution in [-0.4, -0.2) is 50.7 Å². The highest BCUT2D eigenvalue weighted by Gasteiger charge is 2.30. The largest absolute Gasteiger partial charge is 0.497 e. The summed E-state index contributed by atoms with van der Waals surface area (Å²) in [4.78, 5) is 11.5. The molecule has 0 aliphatic heterocycles. The average Bonchev–Trinajstić information content (AvgIpc) is 2.60. The topological polar surface area (TPSA) is 74.2 Å². The van der Waals surface area contributed by atoms with E-state index in [0.29, 0.717) is 0 Å². The summed E-state index contributed by atoms with van der Waals surface area (Å²) >= 11 is 0. The normalized spacial score (nSPS) is 14.6. The molecule has 0 spiro atoms. The van der Waals surface area contributed by atoms with Crippen LogP contribution in [0.3, 0.4) is 0 Å². The lowest BCUT2D eigenvalue weighted by Crippen LogP contribution is -2.41. The third-order valence-corrected chi connectivity index (χ3v) is 3.44. The van der Waals surface area contributed by atoms with Crippen molar-refractivity contribution in [2.24, 2.45) is 0 Å². The van der Waals surface area contributed by atoms with Crippen LogP contribution in [0.25, 0.3) is 0 Å². The van der Waals surface area contributed by atoms with Gasteiger partial charge in [-0.15, -0.1) is 6.58 Å². The monoisotopic (exact) mass is 324 g/mol. The summed E-state index contributed by atoms with van der Waals surface area (Å²) in [6.07, 6.45) is -1.03. The second kappa shape index (κ2) is 9.99. The van der Waals surface area contributed by atoms with Gasteiger partial charge in [-0.25, -0.2) is 0 Å². The van der Waals surface area contributed by atoms with Gasteiger partial charge in [0.2, 0.25) is 0 Å². The molecule has 0 aliphatic rings. The maximum absolute atomic E-state index is 11.5. The molecule has 1 rings (SSSR count). The number of hydrogen-bond donors (Lipinski definition) is 1. The fourth-order valence-corrected chi connectivity index (χ4v) is 2.06. The van der Waals surface area contributed by atoms with Crippen molar-refractivity contribution in [3.63, 3.8) is 0 Å². The first-order valence-corrected chi connectivity index (χ1v) is 7.20. The molecule has 3 atom stereocenters. The number of hydrogen-bond acceptors (Lipinski definition) is 6. The van der Waals surface area contributed by atoms with E-state index < -0.39 is 24.3 Å². The Kier molecular flexibility index (Phi) is 8.32. The van der Waals surface area contributed by atoms with Gasteiger partial charge in [-0.05, 0) is 17.7 Å². The molecule has 1 N–H and O–H groups in total. The molecule has 0 aliphatic carbocycles. The summed E-state index contributed by atoms with van der Waals surface area (Å²) < 4.78 is 20.8. The Morgan fingerprint density at radius 2 is 1.91 bits per heavy atom. The Morgan fingerprint density at radius 1 is 1.26 bits per heavy atom. The maximum Gasteiger partial charge on any atom is 0.308 e. The fourth-order valence-electron chi connectivity index (χ4n) is 2.06. The summed E-state index contributed by atoms with van der Waals surface area (Å²) in [5.74, 6) is 0.308. The molecule has 0 saturated carbocycles. The minimum atomic E-state index is -0.970. The molecule has 1 aromatic carbocycles. The molecule has 0 saturated heterocycles. The highest BCUT2D eigenvalue weighted by atomic mass is 16.6. The van der Waals surface area contributed by atoms with E-state index in [1.807, 2.05) is 24.3 Å². The second-order valence-electron chi connectivity index (χ2n) is 4.90. The molecule has 128 valence electrons. The summed E-state index contributed by atoms with van der Waals surface area (Å²) in [7, 11) is 4.34. The van der Waals surface area contributed by atoms with E-state index in [1.165, 1.54) is 20.3 Å². The Morgan fingerprint density at radius 3 is 2.39 bits per heavy atom. The number of ether oxygens (including phenoxy) is 4. The van der Waals surface area contributed by atoms with Crippen molar-refractivity contribution in [2.45, 2.75) is 31.3 Å². The van der Waals surface area contributed by atoms with Crippen molar-refractivity contribution < 1.29 is 28.8 Å². The Labute approximate surface area is 136 Å². The minimum Gasteiger partial charge on any atom is -0.497 e. The highest BCUT2D eigenvalue weighted by molar-refractivity contribution is 5.69. The van der Waals surface area contributed by atoms with E-state index in [0.717, 1.165) is 11.3 Å². The van der Waals surface area contributed by atoms with Gasteiger partial charge in [0, 0.05) is 7.11 Å². The van der Waals surface area contributed by atoms with Crippen molar-refractivity contribution in [1.82, 2.24) is 0 Å². The van der Waals surface area contributed by atoms with E-state index in [4.69, 9.17) is 14.2 Å². The van der Waals surface area contributed by atoms with E-state index >= 15 is 0 Å². The third kappa shape index (κ3) is 6.02. The Hall–Kier alpha value is -1.89. The first kappa shape index (κ1) is 19.2. The molecular weight excluding hydrogens is 300 g/mol. The molecule has 0 unspecified atom stereocenters. The first-order chi connectivity index (χ1) is 11.0. The molecule has 6 heteroatoms. The summed E-state index contributed by atoms with van der Waals surface area (Å²) in [5.41, 5.74) is 0.903. The minimum absolute atomic E-state index is 0.0226. The van der Waals surface area contributed by atoms with Crippen LogP contribution >= 0.6 is 0 Å². The fraction of sp³-hybridized carbons (Fsp3) is 0.471. The van der Waals surface area contributed by atoms with Crippen LogP contribution < -0.4 is 4.74 Å². The predicted molar refractivity (Wildman–Crippen MR) is 85.2 cm³/mol. The van der Waals surface area contributed by atoms with Gasteiger partial charge < -0.3 is 24.1 Å². The number of aliphatic hydroxyl groups is 1. The molecule has 1 aromatic rings. The molecule has 0 heterocycles. The standard InChI is InChI=1S/C17H24O6/c1-5-14(18)17(15(21-3)10-16(19)22-4)23-11-12-6-8-13(20-2)9-7-12/h5-9,14-15,17-18H,1,10-11H2,2-4H3/t14-,15-,17-/m1/s1. The van der Waals surface area contributed by atoms with Gasteiger partial charge in [-0.2, -0.15) is 0 Å². The smallest absolute Gasteiger partial charge is 0.308 e. The lowest BCUT2D eigenvalue weighted by molar-refractivity contribution is -0.151. The van der Waals surface area contributed by atoms with Crippen LogP contribution in [0.2, 0.25) is 0 Å². The van der Waals surface area contributed by atoms with Crippen LogP contribution in [0.1, 0.15) is 12.0 Å². The predicted octanol–water partition coefficient (Wildman–Crippen LogP) is 1.71. The first-order valence-electron chi connectivity index (χ1n) is 7.20. The number of rotatable bonds is 10. The van der Waals surface area contributed by atoms with E-state index in [9.17, 15) is 9.90 Å². The molecular formula is C17H24O6. The SMILES string of the molecule is C=C[C@@H](O)[C@@H](OCc1ccc(OC)cc1)[C@@H](CC(=O)OC)OC. The number of carbonyl (C=O) groups excluding carboxylic acids is 1. The molecule has 0 radical (unpaired) electrons. The van der Waals surface area contributed by atoms with Gasteiger partial charge in [-0.1, -0.05) is 18.2 Å². The van der Waals surface area contributed by atoms with E-state index in [2.05, 4.69) is 11.3 Å². The third-order valence-electron chi connectivity index (χ3n) is 3.44. The van der Waals surface area contributed by atoms with Gasteiger partial charge in [0.05, 0.1) is 33.4 Å². The van der Waals surface area contributed by atoms with Crippen molar-refractivity contribution in [3.05, 3.63) is 42.5 Å². The highest BCUT2D eigenvalue weighted by Crippen LogP contribution is 2.18.